The molecule has 0 saturated carbocycles. The lowest BCUT2D eigenvalue weighted by Gasteiger charge is -2.15. The number of benzene rings is 1. The summed E-state index contributed by atoms with van der Waals surface area (Å²) in [5.74, 6) is 0.253. The summed E-state index contributed by atoms with van der Waals surface area (Å²) in [5, 5.41) is 13.3. The maximum atomic E-state index is 11.9. The van der Waals surface area contributed by atoms with Crippen LogP contribution in [0.25, 0.3) is 0 Å². The van der Waals surface area contributed by atoms with Crippen LogP contribution < -0.4 is 21.7 Å². The van der Waals surface area contributed by atoms with Crippen molar-refractivity contribution in [2.45, 2.75) is 26.3 Å². The molecule has 28 heavy (non-hydrogen) atoms. The minimum atomic E-state index is -0.573. The van der Waals surface area contributed by atoms with E-state index in [0.717, 1.165) is 24.6 Å². The van der Waals surface area contributed by atoms with Gasteiger partial charge in [0.1, 0.15) is 0 Å². The second-order valence-corrected chi connectivity index (χ2v) is 7.16. The topological polar surface area (TPSA) is 109 Å². The molecule has 1 unspecified atom stereocenters. The summed E-state index contributed by atoms with van der Waals surface area (Å²) in [6.07, 6.45) is 0. The number of rotatable bonds is 9. The standard InChI is InChI=1S/C20H27N5O2S/c1-3-22-20(24-10-14(2)17-8-9-28-13-17)25-11-15-4-6-16(7-5-15)19(27)23-12-18(21)26/h4-9,13-14H,3,10-12H2,1-2H3,(H2,21,26)(H,23,27)(H2,22,24,25). The molecule has 0 fully saturated rings. The number of carbonyl (C=O) groups excluding carboxylic acids is 2. The van der Waals surface area contributed by atoms with Crippen LogP contribution in [-0.4, -0.2) is 37.4 Å². The number of guanidine groups is 1. The van der Waals surface area contributed by atoms with Gasteiger partial charge in [-0.05, 0) is 52.9 Å². The summed E-state index contributed by atoms with van der Waals surface area (Å²) in [6.45, 7) is 6.09. The average molecular weight is 402 g/mol. The van der Waals surface area contributed by atoms with Gasteiger partial charge in [0.25, 0.3) is 5.91 Å². The number of nitrogens with two attached hydrogens (primary N) is 1. The monoisotopic (exact) mass is 401 g/mol. The van der Waals surface area contributed by atoms with Crippen molar-refractivity contribution >= 4 is 29.1 Å². The van der Waals surface area contributed by atoms with Gasteiger partial charge in [0, 0.05) is 18.7 Å². The van der Waals surface area contributed by atoms with Gasteiger partial charge in [0.2, 0.25) is 5.91 Å². The third-order valence-electron chi connectivity index (χ3n) is 4.09. The van der Waals surface area contributed by atoms with E-state index < -0.39 is 5.91 Å². The molecule has 8 heteroatoms. The van der Waals surface area contributed by atoms with Crippen molar-refractivity contribution < 1.29 is 9.59 Å². The van der Waals surface area contributed by atoms with Crippen LogP contribution in [0.2, 0.25) is 0 Å². The molecule has 1 heterocycles. The Bertz CT molecular complexity index is 787. The number of amides is 2. The molecule has 1 aromatic heterocycles. The largest absolute Gasteiger partial charge is 0.368 e. The second kappa shape index (κ2) is 11.1. The van der Waals surface area contributed by atoms with E-state index in [0.29, 0.717) is 18.0 Å². The van der Waals surface area contributed by atoms with Gasteiger partial charge in [-0.2, -0.15) is 11.3 Å². The maximum absolute atomic E-state index is 11.9. The van der Waals surface area contributed by atoms with E-state index in [-0.39, 0.29) is 12.5 Å². The highest BCUT2D eigenvalue weighted by Crippen LogP contribution is 2.17. The molecular formula is C20H27N5O2S. The molecule has 2 aromatic rings. The molecule has 0 spiro atoms. The maximum Gasteiger partial charge on any atom is 0.251 e. The number of nitrogens with zero attached hydrogens (tertiary/aromatic N) is 1. The third-order valence-corrected chi connectivity index (χ3v) is 4.79. The molecule has 5 N–H and O–H groups in total. The Labute approximate surface area is 169 Å². The number of nitrogens with one attached hydrogen (secondary N) is 3. The van der Waals surface area contributed by atoms with E-state index >= 15 is 0 Å². The van der Waals surface area contributed by atoms with E-state index in [1.165, 1.54) is 5.56 Å². The van der Waals surface area contributed by atoms with Gasteiger partial charge in [-0.1, -0.05) is 19.1 Å². The van der Waals surface area contributed by atoms with E-state index in [1.807, 2.05) is 19.1 Å². The quantitative estimate of drug-likeness (QED) is 0.380. The average Bonchev–Trinajstić information content (AvgIpc) is 3.23. The number of hydrogen-bond donors (Lipinski definition) is 4. The van der Waals surface area contributed by atoms with E-state index in [9.17, 15) is 9.59 Å². The Morgan fingerprint density at radius 3 is 2.50 bits per heavy atom. The summed E-state index contributed by atoms with van der Waals surface area (Å²) in [4.78, 5) is 27.2. The highest BCUT2D eigenvalue weighted by Gasteiger charge is 2.08. The Balaban J connectivity index is 1.90. The minimum Gasteiger partial charge on any atom is -0.368 e. The fourth-order valence-corrected chi connectivity index (χ4v) is 3.25. The first kappa shape index (κ1) is 21.4. The van der Waals surface area contributed by atoms with Gasteiger partial charge >= 0.3 is 0 Å². The molecule has 0 radical (unpaired) electrons. The van der Waals surface area contributed by atoms with Crippen molar-refractivity contribution in [3.63, 3.8) is 0 Å². The molecule has 1 aromatic carbocycles. The molecule has 2 amide bonds. The Hall–Kier alpha value is -2.87. The van der Waals surface area contributed by atoms with Crippen LogP contribution in [-0.2, 0) is 11.3 Å². The van der Waals surface area contributed by atoms with Crippen LogP contribution in [0.4, 0.5) is 0 Å². The van der Waals surface area contributed by atoms with Gasteiger partial charge in [-0.25, -0.2) is 4.99 Å². The van der Waals surface area contributed by atoms with Crippen LogP contribution in [0.15, 0.2) is 46.1 Å². The normalized spacial score (nSPS) is 12.3. The third kappa shape index (κ3) is 7.03. The van der Waals surface area contributed by atoms with E-state index in [2.05, 4.69) is 44.7 Å². The predicted octanol–water partition coefficient (Wildman–Crippen LogP) is 1.82. The first-order valence-electron chi connectivity index (χ1n) is 9.19. The van der Waals surface area contributed by atoms with Crippen LogP contribution in [0.3, 0.4) is 0 Å². The van der Waals surface area contributed by atoms with Crippen LogP contribution in [0.5, 0.6) is 0 Å². The number of aliphatic imine (C=N–C) groups is 1. The summed E-state index contributed by atoms with van der Waals surface area (Å²) >= 11 is 1.70. The van der Waals surface area contributed by atoms with Gasteiger partial charge in [-0.3, -0.25) is 9.59 Å². The smallest absolute Gasteiger partial charge is 0.251 e. The summed E-state index contributed by atoms with van der Waals surface area (Å²) < 4.78 is 0. The molecule has 2 rings (SSSR count). The lowest BCUT2D eigenvalue weighted by molar-refractivity contribution is -0.117. The molecule has 0 aliphatic heterocycles. The predicted molar refractivity (Wildman–Crippen MR) is 114 cm³/mol. The summed E-state index contributed by atoms with van der Waals surface area (Å²) in [6, 6.07) is 9.25. The van der Waals surface area contributed by atoms with Crippen LogP contribution >= 0.6 is 11.3 Å². The van der Waals surface area contributed by atoms with Crippen molar-refractivity contribution in [3.05, 3.63) is 57.8 Å². The molecule has 0 bridgehead atoms. The van der Waals surface area contributed by atoms with E-state index in [4.69, 9.17) is 5.73 Å². The minimum absolute atomic E-state index is 0.174. The van der Waals surface area contributed by atoms with E-state index in [1.54, 1.807) is 23.5 Å². The molecule has 150 valence electrons. The molecule has 7 nitrogen and oxygen atoms in total. The highest BCUT2D eigenvalue weighted by molar-refractivity contribution is 7.07. The fraction of sp³-hybridized carbons (Fsp3) is 0.350. The fourth-order valence-electron chi connectivity index (χ4n) is 2.47. The molecule has 0 aliphatic rings. The van der Waals surface area contributed by atoms with Crippen molar-refractivity contribution in [1.82, 2.24) is 16.0 Å². The Morgan fingerprint density at radius 1 is 1.14 bits per heavy atom. The Kier molecular flexibility index (Phi) is 8.48. The first-order chi connectivity index (χ1) is 13.5. The number of primary amides is 1. The zero-order valence-electron chi connectivity index (χ0n) is 16.2. The summed E-state index contributed by atoms with van der Waals surface area (Å²) in [5.41, 5.74) is 7.80. The number of carbonyl (C=O) groups is 2. The van der Waals surface area contributed by atoms with Gasteiger partial charge in [-0.15, -0.1) is 0 Å². The second-order valence-electron chi connectivity index (χ2n) is 6.38. The van der Waals surface area contributed by atoms with Gasteiger partial charge < -0.3 is 21.7 Å². The highest BCUT2D eigenvalue weighted by atomic mass is 32.1. The molecule has 0 saturated heterocycles. The van der Waals surface area contributed by atoms with Crippen molar-refractivity contribution in [1.29, 1.82) is 0 Å². The van der Waals surface area contributed by atoms with Gasteiger partial charge in [0.05, 0.1) is 13.1 Å². The molecule has 0 aliphatic carbocycles. The zero-order valence-corrected chi connectivity index (χ0v) is 17.0. The molecular weight excluding hydrogens is 374 g/mol. The number of hydrogen-bond acceptors (Lipinski definition) is 4. The van der Waals surface area contributed by atoms with Crippen LogP contribution in [0, 0.1) is 0 Å². The van der Waals surface area contributed by atoms with Crippen molar-refractivity contribution in [2.75, 3.05) is 19.6 Å². The van der Waals surface area contributed by atoms with Crippen molar-refractivity contribution in [3.8, 4) is 0 Å². The lowest BCUT2D eigenvalue weighted by Crippen LogP contribution is -2.39. The number of thiophene rings is 1. The Morgan fingerprint density at radius 2 is 1.89 bits per heavy atom. The van der Waals surface area contributed by atoms with Crippen molar-refractivity contribution in [2.24, 2.45) is 10.7 Å². The SMILES string of the molecule is CCNC(=NCc1ccc(C(=O)NCC(N)=O)cc1)NCC(C)c1ccsc1. The first-order valence-corrected chi connectivity index (χ1v) is 10.1. The van der Waals surface area contributed by atoms with Crippen LogP contribution in [0.1, 0.15) is 41.3 Å². The summed E-state index contributed by atoms with van der Waals surface area (Å²) in [7, 11) is 0. The van der Waals surface area contributed by atoms with Gasteiger partial charge in [0.15, 0.2) is 5.96 Å². The lowest BCUT2D eigenvalue weighted by atomic mass is 10.1. The molecule has 1 atom stereocenters. The zero-order chi connectivity index (χ0) is 20.4.